The number of Topliss-reactive ketones (excluding diaryl/α,β-unsaturated/α-hetero) is 1. The van der Waals surface area contributed by atoms with Gasteiger partial charge in [0.2, 0.25) is 0 Å². The second-order valence-corrected chi connectivity index (χ2v) is 5.20. The summed E-state index contributed by atoms with van der Waals surface area (Å²) in [6.45, 7) is 4.01. The van der Waals surface area contributed by atoms with Crippen LogP contribution in [0.15, 0.2) is 47.5 Å². The van der Waals surface area contributed by atoms with Gasteiger partial charge in [-0.3, -0.25) is 4.79 Å². The van der Waals surface area contributed by atoms with E-state index in [1.807, 2.05) is 56.3 Å². The third-order valence-corrected chi connectivity index (χ3v) is 3.43. The molecule has 0 aliphatic carbocycles. The Morgan fingerprint density at radius 1 is 1.17 bits per heavy atom. The maximum absolute atomic E-state index is 11.9. The first-order valence-corrected chi connectivity index (χ1v) is 6.80. The number of carbonyl (C=O) groups excluding carboxylic acids is 1. The number of hydrogen-bond acceptors (Lipinski definition) is 3. The molecule has 2 aromatic rings. The number of hydrogen-bond donors (Lipinski definition) is 0. The molecule has 0 unspecified atom stereocenters. The molecule has 1 aromatic carbocycles. The van der Waals surface area contributed by atoms with Gasteiger partial charge in [-0.2, -0.15) is 0 Å². The number of rotatable bonds is 4. The molecule has 2 rings (SSSR count). The Labute approximate surface area is 111 Å². The zero-order valence-electron chi connectivity index (χ0n) is 10.5. The first kappa shape index (κ1) is 12.8. The van der Waals surface area contributed by atoms with Crippen molar-refractivity contribution in [3.05, 3.63) is 59.3 Å². The van der Waals surface area contributed by atoms with Gasteiger partial charge in [-0.15, -0.1) is 0 Å². The molecule has 0 saturated carbocycles. The molecule has 0 spiro atoms. The van der Waals surface area contributed by atoms with Gasteiger partial charge >= 0.3 is 0 Å². The van der Waals surface area contributed by atoms with E-state index in [2.05, 4.69) is 4.98 Å². The largest absolute Gasteiger partial charge is 0.293 e. The first-order valence-electron chi connectivity index (χ1n) is 5.81. The molecule has 1 aromatic heterocycles. The van der Waals surface area contributed by atoms with Gasteiger partial charge in [0.15, 0.2) is 5.78 Å². The van der Waals surface area contributed by atoms with Crippen LogP contribution in [0.3, 0.4) is 0 Å². The molecule has 0 saturated heterocycles. The summed E-state index contributed by atoms with van der Waals surface area (Å²) in [6, 6.07) is 13.4. The zero-order valence-corrected chi connectivity index (χ0v) is 11.3. The van der Waals surface area contributed by atoms with Crippen molar-refractivity contribution in [3.8, 4) is 0 Å². The summed E-state index contributed by atoms with van der Waals surface area (Å²) in [5.41, 5.74) is 2.93. The van der Waals surface area contributed by atoms with Gasteiger partial charge in [-0.1, -0.05) is 42.1 Å². The highest BCUT2D eigenvalue weighted by atomic mass is 32.2. The maximum Gasteiger partial charge on any atom is 0.173 e. The molecular weight excluding hydrogens is 242 g/mol. The summed E-state index contributed by atoms with van der Waals surface area (Å²) in [4.78, 5) is 16.3. The maximum atomic E-state index is 11.9. The van der Waals surface area contributed by atoms with E-state index < -0.39 is 0 Å². The summed E-state index contributed by atoms with van der Waals surface area (Å²) < 4.78 is 0. The van der Waals surface area contributed by atoms with Gasteiger partial charge in [0, 0.05) is 11.3 Å². The average Bonchev–Trinajstić information content (AvgIpc) is 2.36. The molecule has 3 heteroatoms. The third kappa shape index (κ3) is 3.44. The van der Waals surface area contributed by atoms with Crippen LogP contribution in [0.4, 0.5) is 0 Å². The lowest BCUT2D eigenvalue weighted by Gasteiger charge is -2.03. The van der Waals surface area contributed by atoms with E-state index in [9.17, 15) is 4.79 Å². The average molecular weight is 257 g/mol. The fourth-order valence-corrected chi connectivity index (χ4v) is 2.65. The van der Waals surface area contributed by atoms with Crippen LogP contribution in [0, 0.1) is 13.8 Å². The fraction of sp³-hybridized carbons (Fsp3) is 0.200. The van der Waals surface area contributed by atoms with Gasteiger partial charge in [0.25, 0.3) is 0 Å². The lowest BCUT2D eigenvalue weighted by Crippen LogP contribution is -2.02. The number of carbonyl (C=O) groups is 1. The predicted molar refractivity (Wildman–Crippen MR) is 75.2 cm³/mol. The number of ketones is 1. The molecule has 2 nitrogen and oxygen atoms in total. The van der Waals surface area contributed by atoms with Gasteiger partial charge < -0.3 is 0 Å². The highest BCUT2D eigenvalue weighted by Gasteiger charge is 2.07. The molecule has 0 N–H and O–H groups in total. The SMILES string of the molecule is Cc1cc(C)nc(SCC(=O)c2ccccc2)c1. The first-order chi connectivity index (χ1) is 8.65. The van der Waals surface area contributed by atoms with E-state index in [1.165, 1.54) is 17.3 Å². The summed E-state index contributed by atoms with van der Waals surface area (Å²) in [5.74, 6) is 0.571. The van der Waals surface area contributed by atoms with Crippen LogP contribution < -0.4 is 0 Å². The van der Waals surface area contributed by atoms with Gasteiger partial charge in [0.05, 0.1) is 10.8 Å². The summed E-state index contributed by atoms with van der Waals surface area (Å²) in [6.07, 6.45) is 0. The minimum absolute atomic E-state index is 0.140. The van der Waals surface area contributed by atoms with E-state index in [0.717, 1.165) is 16.3 Å². The van der Waals surface area contributed by atoms with Crippen molar-refractivity contribution < 1.29 is 4.79 Å². The van der Waals surface area contributed by atoms with E-state index in [-0.39, 0.29) is 5.78 Å². The fourth-order valence-electron chi connectivity index (χ4n) is 1.73. The van der Waals surface area contributed by atoms with Crippen molar-refractivity contribution in [1.82, 2.24) is 4.98 Å². The minimum atomic E-state index is 0.140. The van der Waals surface area contributed by atoms with E-state index in [4.69, 9.17) is 0 Å². The van der Waals surface area contributed by atoms with Crippen molar-refractivity contribution in [2.75, 3.05) is 5.75 Å². The van der Waals surface area contributed by atoms with Crippen molar-refractivity contribution in [3.63, 3.8) is 0 Å². The van der Waals surface area contributed by atoms with Crippen LogP contribution >= 0.6 is 11.8 Å². The standard InChI is InChI=1S/C15H15NOS/c1-11-8-12(2)16-15(9-11)18-10-14(17)13-6-4-3-5-7-13/h3-9H,10H2,1-2H3. The number of benzene rings is 1. The van der Waals surface area contributed by atoms with Crippen LogP contribution in [-0.4, -0.2) is 16.5 Å². The Hall–Kier alpha value is -1.61. The van der Waals surface area contributed by atoms with Crippen LogP contribution in [0.25, 0.3) is 0 Å². The normalized spacial score (nSPS) is 10.3. The van der Waals surface area contributed by atoms with Crippen LogP contribution in [0.1, 0.15) is 21.6 Å². The Balaban J connectivity index is 2.02. The molecule has 0 atom stereocenters. The van der Waals surface area contributed by atoms with Crippen LogP contribution in [-0.2, 0) is 0 Å². The number of aryl methyl sites for hydroxylation is 2. The molecule has 0 amide bonds. The Kier molecular flexibility index (Phi) is 4.15. The topological polar surface area (TPSA) is 30.0 Å². The molecule has 0 fully saturated rings. The number of thioether (sulfide) groups is 1. The van der Waals surface area contributed by atoms with Crippen molar-refractivity contribution in [1.29, 1.82) is 0 Å². The van der Waals surface area contributed by atoms with Crippen molar-refractivity contribution in [2.24, 2.45) is 0 Å². The predicted octanol–water partition coefficient (Wildman–Crippen LogP) is 3.67. The smallest absolute Gasteiger partial charge is 0.173 e. The molecule has 0 bridgehead atoms. The highest BCUT2D eigenvalue weighted by molar-refractivity contribution is 7.99. The number of nitrogens with zero attached hydrogens (tertiary/aromatic N) is 1. The van der Waals surface area contributed by atoms with Crippen molar-refractivity contribution >= 4 is 17.5 Å². The summed E-state index contributed by atoms with van der Waals surface area (Å²) in [5, 5.41) is 0.914. The Morgan fingerprint density at radius 2 is 1.89 bits per heavy atom. The van der Waals surface area contributed by atoms with Crippen LogP contribution in [0.5, 0.6) is 0 Å². The number of aromatic nitrogens is 1. The second kappa shape index (κ2) is 5.83. The van der Waals surface area contributed by atoms with E-state index in [1.54, 1.807) is 0 Å². The lowest BCUT2D eigenvalue weighted by atomic mass is 10.2. The second-order valence-electron chi connectivity index (χ2n) is 4.20. The molecule has 0 radical (unpaired) electrons. The van der Waals surface area contributed by atoms with Gasteiger partial charge in [-0.05, 0) is 31.5 Å². The molecule has 1 heterocycles. The summed E-state index contributed by atoms with van der Waals surface area (Å²) >= 11 is 1.49. The van der Waals surface area contributed by atoms with E-state index in [0.29, 0.717) is 5.75 Å². The summed E-state index contributed by atoms with van der Waals surface area (Å²) in [7, 11) is 0. The molecular formula is C15H15NOS. The minimum Gasteiger partial charge on any atom is -0.293 e. The monoisotopic (exact) mass is 257 g/mol. The molecule has 92 valence electrons. The van der Waals surface area contributed by atoms with E-state index >= 15 is 0 Å². The quantitative estimate of drug-likeness (QED) is 0.618. The molecule has 18 heavy (non-hydrogen) atoms. The molecule has 0 aliphatic rings. The Morgan fingerprint density at radius 3 is 2.56 bits per heavy atom. The lowest BCUT2D eigenvalue weighted by molar-refractivity contribution is 0.102. The zero-order chi connectivity index (χ0) is 13.0. The van der Waals surface area contributed by atoms with Gasteiger partial charge in [-0.25, -0.2) is 4.98 Å². The Bertz CT molecular complexity index is 531. The van der Waals surface area contributed by atoms with Crippen LogP contribution in [0.2, 0.25) is 0 Å². The van der Waals surface area contributed by atoms with Gasteiger partial charge in [0.1, 0.15) is 0 Å². The number of pyridine rings is 1. The molecule has 0 aliphatic heterocycles. The van der Waals surface area contributed by atoms with Crippen molar-refractivity contribution in [2.45, 2.75) is 18.9 Å². The third-order valence-electron chi connectivity index (χ3n) is 2.52. The highest BCUT2D eigenvalue weighted by Crippen LogP contribution is 2.19.